The molecule has 0 aliphatic heterocycles. The fourth-order valence-corrected chi connectivity index (χ4v) is 1.93. The van der Waals surface area contributed by atoms with Gasteiger partial charge in [-0.3, -0.25) is 0 Å². The van der Waals surface area contributed by atoms with Crippen LogP contribution in [0.25, 0.3) is 0 Å². The van der Waals surface area contributed by atoms with Crippen LogP contribution in [0.3, 0.4) is 0 Å². The highest BCUT2D eigenvalue weighted by atomic mass is 15.2. The Balaban J connectivity index is 1.98. The Bertz CT molecular complexity index is 353. The van der Waals surface area contributed by atoms with Gasteiger partial charge in [0.25, 0.3) is 0 Å². The summed E-state index contributed by atoms with van der Waals surface area (Å²) in [7, 11) is 2.10. The van der Waals surface area contributed by atoms with Gasteiger partial charge in [-0.1, -0.05) is 6.92 Å². The molecule has 88 valence electrons. The summed E-state index contributed by atoms with van der Waals surface area (Å²) in [5.74, 6) is 3.65. The maximum absolute atomic E-state index is 4.30. The molecule has 2 atom stereocenters. The number of nitrogens with one attached hydrogen (secondary N) is 1. The predicted molar refractivity (Wildman–Crippen MR) is 66.7 cm³/mol. The van der Waals surface area contributed by atoms with Crippen LogP contribution in [0.15, 0.2) is 12.4 Å². The number of hydrogen-bond donors (Lipinski definition) is 1. The molecule has 4 nitrogen and oxygen atoms in total. The first-order valence-electron chi connectivity index (χ1n) is 5.97. The largest absolute Gasteiger partial charge is 0.370 e. The first-order valence-corrected chi connectivity index (χ1v) is 5.97. The molecule has 0 bridgehead atoms. The van der Waals surface area contributed by atoms with Crippen molar-refractivity contribution in [1.29, 1.82) is 0 Å². The summed E-state index contributed by atoms with van der Waals surface area (Å²) < 4.78 is 0. The van der Waals surface area contributed by atoms with Crippen LogP contribution in [0.5, 0.6) is 0 Å². The van der Waals surface area contributed by atoms with Crippen LogP contribution in [0.1, 0.15) is 20.3 Å². The van der Waals surface area contributed by atoms with Crippen LogP contribution in [0.4, 0.5) is 11.6 Å². The molecule has 0 amide bonds. The third kappa shape index (κ3) is 2.62. The number of anilines is 2. The third-order valence-electron chi connectivity index (χ3n) is 3.19. The zero-order chi connectivity index (χ0) is 11.5. The maximum Gasteiger partial charge on any atom is 0.133 e. The standard InChI is InChI=1S/C12H20N4/c1-4-13-11-6-12(15-8-14-11)16(3)7-10-5-9(10)2/h6,8-10H,4-5,7H2,1-3H3,(H,13,14,15). The van der Waals surface area contributed by atoms with Gasteiger partial charge in [-0.25, -0.2) is 9.97 Å². The topological polar surface area (TPSA) is 41.0 Å². The van der Waals surface area contributed by atoms with Gasteiger partial charge in [-0.2, -0.15) is 0 Å². The van der Waals surface area contributed by atoms with E-state index in [4.69, 9.17) is 0 Å². The molecule has 1 aromatic heterocycles. The van der Waals surface area contributed by atoms with Crippen molar-refractivity contribution < 1.29 is 0 Å². The SMILES string of the molecule is CCNc1cc(N(C)CC2CC2C)ncn1. The molecule has 1 heterocycles. The third-order valence-corrected chi connectivity index (χ3v) is 3.19. The molecule has 1 aromatic rings. The first kappa shape index (κ1) is 11.2. The van der Waals surface area contributed by atoms with Gasteiger partial charge in [-0.15, -0.1) is 0 Å². The van der Waals surface area contributed by atoms with E-state index in [1.807, 2.05) is 6.07 Å². The molecular formula is C12H20N4. The Hall–Kier alpha value is -1.32. The van der Waals surface area contributed by atoms with Gasteiger partial charge in [0.1, 0.15) is 18.0 Å². The predicted octanol–water partition coefficient (Wildman–Crippen LogP) is 2.00. The molecule has 0 saturated heterocycles. The first-order chi connectivity index (χ1) is 7.70. The van der Waals surface area contributed by atoms with Gasteiger partial charge in [0, 0.05) is 26.2 Å². The Labute approximate surface area is 97.1 Å². The van der Waals surface area contributed by atoms with E-state index in [9.17, 15) is 0 Å². The summed E-state index contributed by atoms with van der Waals surface area (Å²) in [4.78, 5) is 10.7. The van der Waals surface area contributed by atoms with Crippen LogP contribution in [0.2, 0.25) is 0 Å². The average Bonchev–Trinajstić information content (AvgIpc) is 2.95. The van der Waals surface area contributed by atoms with Crippen LogP contribution in [-0.2, 0) is 0 Å². The van der Waals surface area contributed by atoms with Gasteiger partial charge in [0.2, 0.25) is 0 Å². The van der Waals surface area contributed by atoms with E-state index in [-0.39, 0.29) is 0 Å². The number of nitrogens with zero attached hydrogens (tertiary/aromatic N) is 3. The minimum Gasteiger partial charge on any atom is -0.370 e. The fourth-order valence-electron chi connectivity index (χ4n) is 1.93. The van der Waals surface area contributed by atoms with Crippen LogP contribution >= 0.6 is 0 Å². The molecule has 2 rings (SSSR count). The summed E-state index contributed by atoms with van der Waals surface area (Å²) in [6.45, 7) is 6.36. The van der Waals surface area contributed by atoms with E-state index >= 15 is 0 Å². The summed E-state index contributed by atoms with van der Waals surface area (Å²) in [5.41, 5.74) is 0. The molecule has 0 radical (unpaired) electrons. The lowest BCUT2D eigenvalue weighted by molar-refractivity contribution is 0.718. The number of rotatable bonds is 5. The molecule has 1 saturated carbocycles. The zero-order valence-corrected chi connectivity index (χ0v) is 10.3. The zero-order valence-electron chi connectivity index (χ0n) is 10.3. The maximum atomic E-state index is 4.30. The van der Waals surface area contributed by atoms with Crippen LogP contribution in [-0.4, -0.2) is 30.1 Å². The van der Waals surface area contributed by atoms with Gasteiger partial charge >= 0.3 is 0 Å². The van der Waals surface area contributed by atoms with Crippen LogP contribution in [0, 0.1) is 11.8 Å². The van der Waals surface area contributed by atoms with E-state index in [1.165, 1.54) is 6.42 Å². The normalized spacial score (nSPS) is 22.9. The Kier molecular flexibility index (Phi) is 3.27. The summed E-state index contributed by atoms with van der Waals surface area (Å²) >= 11 is 0. The second-order valence-electron chi connectivity index (χ2n) is 4.65. The van der Waals surface area contributed by atoms with Gasteiger partial charge in [0.15, 0.2) is 0 Å². The highest BCUT2D eigenvalue weighted by Gasteiger charge is 2.33. The minimum absolute atomic E-state index is 0.850. The summed E-state index contributed by atoms with van der Waals surface area (Å²) in [6.07, 6.45) is 2.98. The van der Waals surface area contributed by atoms with E-state index in [0.29, 0.717) is 0 Å². The number of aromatic nitrogens is 2. The van der Waals surface area contributed by atoms with Crippen molar-refractivity contribution in [2.24, 2.45) is 11.8 Å². The quantitative estimate of drug-likeness (QED) is 0.824. The second-order valence-corrected chi connectivity index (χ2v) is 4.65. The van der Waals surface area contributed by atoms with Crippen LogP contribution < -0.4 is 10.2 Å². The van der Waals surface area contributed by atoms with Gasteiger partial charge in [-0.05, 0) is 25.2 Å². The molecule has 1 aliphatic rings. The highest BCUT2D eigenvalue weighted by molar-refractivity contribution is 5.47. The Morgan fingerprint density at radius 1 is 1.50 bits per heavy atom. The highest BCUT2D eigenvalue weighted by Crippen LogP contribution is 2.38. The van der Waals surface area contributed by atoms with Crippen molar-refractivity contribution >= 4 is 11.6 Å². The molecular weight excluding hydrogens is 200 g/mol. The van der Waals surface area contributed by atoms with E-state index in [0.717, 1.165) is 36.6 Å². The molecule has 4 heteroatoms. The summed E-state index contributed by atoms with van der Waals surface area (Å²) in [5, 5.41) is 3.20. The van der Waals surface area contributed by atoms with Gasteiger partial charge in [0.05, 0.1) is 0 Å². The minimum atomic E-state index is 0.850. The van der Waals surface area contributed by atoms with Crippen molar-refractivity contribution in [3.8, 4) is 0 Å². The van der Waals surface area contributed by atoms with E-state index in [2.05, 4.69) is 41.1 Å². The lowest BCUT2D eigenvalue weighted by Gasteiger charge is -2.18. The molecule has 1 fully saturated rings. The molecule has 1 aliphatic carbocycles. The molecule has 0 aromatic carbocycles. The van der Waals surface area contributed by atoms with E-state index < -0.39 is 0 Å². The monoisotopic (exact) mass is 220 g/mol. The average molecular weight is 220 g/mol. The second kappa shape index (κ2) is 4.68. The Morgan fingerprint density at radius 3 is 2.88 bits per heavy atom. The van der Waals surface area contributed by atoms with Crippen molar-refractivity contribution in [1.82, 2.24) is 9.97 Å². The van der Waals surface area contributed by atoms with E-state index in [1.54, 1.807) is 6.33 Å². The smallest absolute Gasteiger partial charge is 0.133 e. The molecule has 0 spiro atoms. The van der Waals surface area contributed by atoms with Gasteiger partial charge < -0.3 is 10.2 Å². The Morgan fingerprint density at radius 2 is 2.25 bits per heavy atom. The molecule has 16 heavy (non-hydrogen) atoms. The van der Waals surface area contributed by atoms with Crippen molar-refractivity contribution in [3.63, 3.8) is 0 Å². The van der Waals surface area contributed by atoms with Crippen molar-refractivity contribution in [2.45, 2.75) is 20.3 Å². The number of hydrogen-bond acceptors (Lipinski definition) is 4. The van der Waals surface area contributed by atoms with Crippen molar-refractivity contribution in [2.75, 3.05) is 30.4 Å². The van der Waals surface area contributed by atoms with Crippen molar-refractivity contribution in [3.05, 3.63) is 12.4 Å². The lowest BCUT2D eigenvalue weighted by Crippen LogP contribution is -2.21. The molecule has 1 N–H and O–H groups in total. The fraction of sp³-hybridized carbons (Fsp3) is 0.667. The lowest BCUT2D eigenvalue weighted by atomic mass is 10.3. The summed E-state index contributed by atoms with van der Waals surface area (Å²) in [6, 6.07) is 2.01. The molecule has 2 unspecified atom stereocenters.